The lowest BCUT2D eigenvalue weighted by atomic mass is 10.3. The first-order valence-corrected chi connectivity index (χ1v) is 8.59. The summed E-state index contributed by atoms with van der Waals surface area (Å²) in [6.07, 6.45) is 1.88. The van der Waals surface area contributed by atoms with E-state index in [1.165, 1.54) is 35.2 Å². The standard InChI is InChI=1S/C11H17N3O4S2/c1-12-10-5-4-9(14(15)16)8-11(10)20(17,18)13(2)6-7-19-3/h4-5,8,12H,6-7H2,1-3H3. The molecule has 0 saturated carbocycles. The van der Waals surface area contributed by atoms with Crippen molar-refractivity contribution in [2.45, 2.75) is 4.90 Å². The maximum Gasteiger partial charge on any atom is 0.270 e. The molecule has 0 heterocycles. The van der Waals surface area contributed by atoms with Crippen LogP contribution in [0.3, 0.4) is 0 Å². The Morgan fingerprint density at radius 3 is 2.60 bits per heavy atom. The van der Waals surface area contributed by atoms with Crippen molar-refractivity contribution < 1.29 is 13.3 Å². The lowest BCUT2D eigenvalue weighted by molar-refractivity contribution is -0.385. The number of sulfonamides is 1. The van der Waals surface area contributed by atoms with Crippen molar-refractivity contribution in [3.8, 4) is 0 Å². The molecule has 0 bridgehead atoms. The quantitative estimate of drug-likeness (QED) is 0.606. The van der Waals surface area contributed by atoms with Crippen molar-refractivity contribution in [1.82, 2.24) is 4.31 Å². The summed E-state index contributed by atoms with van der Waals surface area (Å²) >= 11 is 1.53. The van der Waals surface area contributed by atoms with E-state index in [0.29, 0.717) is 18.0 Å². The maximum absolute atomic E-state index is 12.4. The SMILES string of the molecule is CNc1ccc([N+](=O)[O-])cc1S(=O)(=O)N(C)CCSC. The monoisotopic (exact) mass is 319 g/mol. The van der Waals surface area contributed by atoms with E-state index >= 15 is 0 Å². The fourth-order valence-corrected chi connectivity index (χ4v) is 3.51. The summed E-state index contributed by atoms with van der Waals surface area (Å²) in [5, 5.41) is 13.5. The van der Waals surface area contributed by atoms with Crippen LogP contribution in [0.4, 0.5) is 11.4 Å². The first-order valence-electron chi connectivity index (χ1n) is 5.76. The number of rotatable bonds is 7. The Morgan fingerprint density at radius 2 is 2.10 bits per heavy atom. The third-order valence-electron chi connectivity index (χ3n) is 2.74. The van der Waals surface area contributed by atoms with E-state index in [1.54, 1.807) is 7.05 Å². The molecule has 20 heavy (non-hydrogen) atoms. The minimum atomic E-state index is -3.76. The largest absolute Gasteiger partial charge is 0.387 e. The number of thioether (sulfide) groups is 1. The number of hydrogen-bond donors (Lipinski definition) is 1. The highest BCUT2D eigenvalue weighted by molar-refractivity contribution is 7.98. The van der Waals surface area contributed by atoms with E-state index in [-0.39, 0.29) is 10.6 Å². The van der Waals surface area contributed by atoms with Crippen LogP contribution in [0.2, 0.25) is 0 Å². The first kappa shape index (κ1) is 16.7. The van der Waals surface area contributed by atoms with E-state index < -0.39 is 14.9 Å². The van der Waals surface area contributed by atoms with E-state index in [4.69, 9.17) is 0 Å². The highest BCUT2D eigenvalue weighted by Crippen LogP contribution is 2.28. The van der Waals surface area contributed by atoms with E-state index in [0.717, 1.165) is 6.07 Å². The van der Waals surface area contributed by atoms with Gasteiger partial charge in [0.2, 0.25) is 10.0 Å². The summed E-state index contributed by atoms with van der Waals surface area (Å²) in [4.78, 5) is 10.1. The molecule has 0 radical (unpaired) electrons. The predicted octanol–water partition coefficient (Wildman–Crippen LogP) is 1.62. The van der Waals surface area contributed by atoms with E-state index in [9.17, 15) is 18.5 Å². The molecule has 0 aromatic heterocycles. The van der Waals surface area contributed by atoms with Gasteiger partial charge in [-0.3, -0.25) is 10.1 Å². The number of anilines is 1. The summed E-state index contributed by atoms with van der Waals surface area (Å²) in [6, 6.07) is 3.75. The molecule has 1 rings (SSSR count). The Morgan fingerprint density at radius 1 is 1.45 bits per heavy atom. The number of benzene rings is 1. The third-order valence-corrected chi connectivity index (χ3v) is 5.23. The van der Waals surface area contributed by atoms with Crippen LogP contribution in [-0.2, 0) is 10.0 Å². The average molecular weight is 319 g/mol. The second-order valence-corrected chi connectivity index (χ2v) is 7.01. The van der Waals surface area contributed by atoms with Crippen LogP contribution in [0.1, 0.15) is 0 Å². The Labute approximate surface area is 122 Å². The van der Waals surface area contributed by atoms with Crippen LogP contribution in [0.5, 0.6) is 0 Å². The summed E-state index contributed by atoms with van der Waals surface area (Å²) in [7, 11) is -0.723. The second kappa shape index (κ2) is 6.91. The van der Waals surface area contributed by atoms with Gasteiger partial charge in [0.25, 0.3) is 5.69 Å². The maximum atomic E-state index is 12.4. The molecule has 0 unspecified atom stereocenters. The fraction of sp³-hybridized carbons (Fsp3) is 0.455. The van der Waals surface area contributed by atoms with Gasteiger partial charge in [-0.15, -0.1) is 0 Å². The average Bonchev–Trinajstić information content (AvgIpc) is 2.43. The first-order chi connectivity index (χ1) is 9.34. The zero-order chi connectivity index (χ0) is 15.3. The molecule has 1 N–H and O–H groups in total. The Bertz CT molecular complexity index is 589. The van der Waals surface area contributed by atoms with Crippen LogP contribution < -0.4 is 5.32 Å². The lowest BCUT2D eigenvalue weighted by Crippen LogP contribution is -2.29. The second-order valence-electron chi connectivity index (χ2n) is 4.01. The smallest absolute Gasteiger partial charge is 0.270 e. The molecule has 1 aromatic rings. The van der Waals surface area contributed by atoms with Crippen LogP contribution in [0.25, 0.3) is 0 Å². The number of nitrogens with zero attached hydrogens (tertiary/aromatic N) is 2. The normalized spacial score (nSPS) is 11.6. The van der Waals surface area contributed by atoms with Gasteiger partial charge in [-0.1, -0.05) is 0 Å². The van der Waals surface area contributed by atoms with Crippen LogP contribution in [0.15, 0.2) is 23.1 Å². The summed E-state index contributed by atoms with van der Waals surface area (Å²) < 4.78 is 26.1. The van der Waals surface area contributed by atoms with Crippen molar-refractivity contribution in [3.63, 3.8) is 0 Å². The van der Waals surface area contributed by atoms with Crippen molar-refractivity contribution in [2.24, 2.45) is 0 Å². The zero-order valence-electron chi connectivity index (χ0n) is 11.5. The van der Waals surface area contributed by atoms with Crippen LogP contribution in [-0.4, -0.2) is 50.3 Å². The van der Waals surface area contributed by atoms with Crippen molar-refractivity contribution in [2.75, 3.05) is 38.0 Å². The van der Waals surface area contributed by atoms with Gasteiger partial charge in [-0.25, -0.2) is 12.7 Å². The molecule has 0 atom stereocenters. The molecule has 0 aliphatic carbocycles. The van der Waals surface area contributed by atoms with Gasteiger partial charge in [0.05, 0.1) is 10.6 Å². The highest BCUT2D eigenvalue weighted by Gasteiger charge is 2.25. The molecule has 0 aliphatic rings. The van der Waals surface area contributed by atoms with Crippen LogP contribution in [0, 0.1) is 10.1 Å². The molecule has 0 spiro atoms. The predicted molar refractivity (Wildman–Crippen MR) is 80.8 cm³/mol. The zero-order valence-corrected chi connectivity index (χ0v) is 13.1. The number of nitro groups is 1. The van der Waals surface area contributed by atoms with Crippen molar-refractivity contribution in [1.29, 1.82) is 0 Å². The van der Waals surface area contributed by atoms with Gasteiger partial charge in [-0.05, 0) is 12.3 Å². The van der Waals surface area contributed by atoms with Gasteiger partial charge in [0.1, 0.15) is 4.90 Å². The fourth-order valence-electron chi connectivity index (χ4n) is 1.55. The summed E-state index contributed by atoms with van der Waals surface area (Å²) in [6.45, 7) is 0.343. The molecular formula is C11H17N3O4S2. The summed E-state index contributed by atoms with van der Waals surface area (Å²) in [5.41, 5.74) is 0.0902. The van der Waals surface area contributed by atoms with Crippen molar-refractivity contribution in [3.05, 3.63) is 28.3 Å². The number of nitro benzene ring substituents is 1. The van der Waals surface area contributed by atoms with E-state index in [1.807, 2.05) is 6.26 Å². The molecule has 7 nitrogen and oxygen atoms in total. The topological polar surface area (TPSA) is 92.5 Å². The third kappa shape index (κ3) is 3.62. The minimum absolute atomic E-state index is 0.0854. The van der Waals surface area contributed by atoms with Gasteiger partial charge < -0.3 is 5.32 Å². The molecule has 0 amide bonds. The van der Waals surface area contributed by atoms with E-state index in [2.05, 4.69) is 5.32 Å². The Balaban J connectivity index is 3.27. The lowest BCUT2D eigenvalue weighted by Gasteiger charge is -2.18. The Hall–Kier alpha value is -1.32. The van der Waals surface area contributed by atoms with Gasteiger partial charge >= 0.3 is 0 Å². The molecule has 0 aliphatic heterocycles. The van der Waals surface area contributed by atoms with Gasteiger partial charge in [0, 0.05) is 38.5 Å². The number of non-ortho nitro benzene ring substituents is 1. The minimum Gasteiger partial charge on any atom is -0.387 e. The summed E-state index contributed by atoms with van der Waals surface area (Å²) in [5.74, 6) is 0.652. The van der Waals surface area contributed by atoms with Gasteiger partial charge in [-0.2, -0.15) is 11.8 Å². The molecule has 112 valence electrons. The van der Waals surface area contributed by atoms with Crippen molar-refractivity contribution >= 4 is 33.2 Å². The highest BCUT2D eigenvalue weighted by atomic mass is 32.2. The Kier molecular flexibility index (Phi) is 5.78. The number of hydrogen-bond acceptors (Lipinski definition) is 6. The molecule has 1 aromatic carbocycles. The van der Waals surface area contributed by atoms with Gasteiger partial charge in [0.15, 0.2) is 0 Å². The van der Waals surface area contributed by atoms with Crippen LogP contribution >= 0.6 is 11.8 Å². The molecular weight excluding hydrogens is 302 g/mol. The number of nitrogens with one attached hydrogen (secondary N) is 1. The molecule has 9 heteroatoms. The molecule has 0 saturated heterocycles. The molecule has 0 fully saturated rings.